The van der Waals surface area contributed by atoms with Gasteiger partial charge in [-0.1, -0.05) is 36.4 Å². The summed E-state index contributed by atoms with van der Waals surface area (Å²) in [6.45, 7) is 3.94. The molecule has 0 heterocycles. The molecule has 0 amide bonds. The molecule has 2 rings (SSSR count). The number of hydrogen-bond donors (Lipinski definition) is 1. The van der Waals surface area contributed by atoms with Crippen molar-refractivity contribution in [3.8, 4) is 0 Å². The fourth-order valence-corrected chi connectivity index (χ4v) is 3.17. The van der Waals surface area contributed by atoms with Gasteiger partial charge in [0.15, 0.2) is 0 Å². The molecule has 2 nitrogen and oxygen atoms in total. The van der Waals surface area contributed by atoms with Crippen LogP contribution in [0.1, 0.15) is 23.3 Å². The van der Waals surface area contributed by atoms with Crippen molar-refractivity contribution in [3.63, 3.8) is 0 Å². The molecule has 0 aliphatic heterocycles. The van der Waals surface area contributed by atoms with E-state index in [1.165, 1.54) is 0 Å². The standard InChI is InChI=1S/C15H17NOS/c1-11-8-9-15(14(16)10-11)18(17)12(2)13-6-4-3-5-7-13/h3-10,12H,16H2,1-2H3. The first-order chi connectivity index (χ1) is 8.59. The molecule has 0 aromatic heterocycles. The average Bonchev–Trinajstić information content (AvgIpc) is 2.38. The molecule has 2 atom stereocenters. The third kappa shape index (κ3) is 2.62. The summed E-state index contributed by atoms with van der Waals surface area (Å²) < 4.78 is 12.5. The molecule has 0 aliphatic rings. The molecule has 94 valence electrons. The van der Waals surface area contributed by atoms with Crippen LogP contribution in [0.5, 0.6) is 0 Å². The smallest absolute Gasteiger partial charge is 0.0623 e. The van der Waals surface area contributed by atoms with Crippen molar-refractivity contribution in [2.24, 2.45) is 0 Å². The SMILES string of the molecule is Cc1ccc(S(=O)C(C)c2ccccc2)c(N)c1. The van der Waals surface area contributed by atoms with Gasteiger partial charge in [0.25, 0.3) is 0 Å². The van der Waals surface area contributed by atoms with E-state index in [0.29, 0.717) is 5.69 Å². The minimum Gasteiger partial charge on any atom is -0.398 e. The summed E-state index contributed by atoms with van der Waals surface area (Å²) in [5.41, 5.74) is 8.70. The zero-order valence-electron chi connectivity index (χ0n) is 10.6. The predicted octanol–water partition coefficient (Wildman–Crippen LogP) is 3.45. The van der Waals surface area contributed by atoms with Crippen LogP contribution in [0.4, 0.5) is 5.69 Å². The number of nitrogen functional groups attached to an aromatic ring is 1. The Kier molecular flexibility index (Phi) is 3.82. The van der Waals surface area contributed by atoms with Gasteiger partial charge in [0.1, 0.15) is 0 Å². The van der Waals surface area contributed by atoms with E-state index < -0.39 is 10.8 Å². The lowest BCUT2D eigenvalue weighted by atomic mass is 10.2. The molecule has 0 saturated carbocycles. The molecule has 0 radical (unpaired) electrons. The van der Waals surface area contributed by atoms with Crippen LogP contribution in [0.3, 0.4) is 0 Å². The van der Waals surface area contributed by atoms with E-state index in [-0.39, 0.29) is 5.25 Å². The number of hydrogen-bond acceptors (Lipinski definition) is 2. The highest BCUT2D eigenvalue weighted by Gasteiger charge is 2.17. The Balaban J connectivity index is 2.32. The van der Waals surface area contributed by atoms with Crippen molar-refractivity contribution < 1.29 is 4.21 Å². The van der Waals surface area contributed by atoms with Gasteiger partial charge in [-0.05, 0) is 37.1 Å². The molecule has 0 saturated heterocycles. The Labute approximate surface area is 110 Å². The van der Waals surface area contributed by atoms with Gasteiger partial charge in [0, 0.05) is 5.69 Å². The molecular weight excluding hydrogens is 242 g/mol. The van der Waals surface area contributed by atoms with Crippen molar-refractivity contribution in [1.29, 1.82) is 0 Å². The largest absolute Gasteiger partial charge is 0.398 e. The van der Waals surface area contributed by atoms with Crippen LogP contribution < -0.4 is 5.73 Å². The molecule has 2 aromatic carbocycles. The maximum Gasteiger partial charge on any atom is 0.0623 e. The maximum atomic E-state index is 12.5. The highest BCUT2D eigenvalue weighted by Crippen LogP contribution is 2.28. The summed E-state index contributed by atoms with van der Waals surface area (Å²) in [6.07, 6.45) is 0. The molecule has 0 fully saturated rings. The lowest BCUT2D eigenvalue weighted by Crippen LogP contribution is -2.06. The van der Waals surface area contributed by atoms with Crippen LogP contribution in [0.15, 0.2) is 53.4 Å². The second-order valence-electron chi connectivity index (χ2n) is 4.39. The van der Waals surface area contributed by atoms with E-state index in [1.807, 2.05) is 62.4 Å². The Bertz CT molecular complexity index is 566. The molecule has 0 bridgehead atoms. The Morgan fingerprint density at radius 1 is 1.11 bits per heavy atom. The summed E-state index contributed by atoms with van der Waals surface area (Å²) in [7, 11) is -1.12. The second kappa shape index (κ2) is 5.36. The lowest BCUT2D eigenvalue weighted by molar-refractivity contribution is 0.676. The minimum absolute atomic E-state index is 0.0591. The van der Waals surface area contributed by atoms with Crippen LogP contribution >= 0.6 is 0 Å². The van der Waals surface area contributed by atoms with E-state index in [0.717, 1.165) is 16.0 Å². The Hall–Kier alpha value is -1.61. The molecular formula is C15H17NOS. The third-order valence-electron chi connectivity index (χ3n) is 2.97. The highest BCUT2D eigenvalue weighted by atomic mass is 32.2. The lowest BCUT2D eigenvalue weighted by Gasteiger charge is -2.13. The highest BCUT2D eigenvalue weighted by molar-refractivity contribution is 7.85. The normalized spacial score (nSPS) is 14.1. The van der Waals surface area contributed by atoms with E-state index in [2.05, 4.69) is 0 Å². The van der Waals surface area contributed by atoms with Gasteiger partial charge in [-0.25, -0.2) is 0 Å². The minimum atomic E-state index is -1.12. The second-order valence-corrected chi connectivity index (χ2v) is 6.13. The van der Waals surface area contributed by atoms with Gasteiger partial charge in [0.05, 0.1) is 20.9 Å². The number of nitrogens with two attached hydrogens (primary N) is 1. The molecule has 2 unspecified atom stereocenters. The van der Waals surface area contributed by atoms with Gasteiger partial charge in [-0.15, -0.1) is 0 Å². The summed E-state index contributed by atoms with van der Waals surface area (Å²) in [5.74, 6) is 0. The van der Waals surface area contributed by atoms with Crippen LogP contribution in [0.2, 0.25) is 0 Å². The Morgan fingerprint density at radius 3 is 2.39 bits per heavy atom. The summed E-state index contributed by atoms with van der Waals surface area (Å²) >= 11 is 0. The number of anilines is 1. The third-order valence-corrected chi connectivity index (χ3v) is 4.69. The molecule has 2 N–H and O–H groups in total. The zero-order chi connectivity index (χ0) is 13.1. The number of rotatable bonds is 3. The predicted molar refractivity (Wildman–Crippen MR) is 76.9 cm³/mol. The van der Waals surface area contributed by atoms with Gasteiger partial charge in [-0.3, -0.25) is 4.21 Å². The molecule has 2 aromatic rings. The first-order valence-corrected chi connectivity index (χ1v) is 7.12. The van der Waals surface area contributed by atoms with Crippen molar-refractivity contribution >= 4 is 16.5 Å². The van der Waals surface area contributed by atoms with Gasteiger partial charge >= 0.3 is 0 Å². The summed E-state index contributed by atoms with van der Waals surface area (Å²) in [4.78, 5) is 0.719. The zero-order valence-corrected chi connectivity index (χ0v) is 11.4. The van der Waals surface area contributed by atoms with E-state index >= 15 is 0 Å². The van der Waals surface area contributed by atoms with Crippen LogP contribution in [0.25, 0.3) is 0 Å². The average molecular weight is 259 g/mol. The van der Waals surface area contributed by atoms with E-state index in [1.54, 1.807) is 0 Å². The van der Waals surface area contributed by atoms with Crippen LogP contribution in [-0.2, 0) is 10.8 Å². The summed E-state index contributed by atoms with van der Waals surface area (Å²) in [6, 6.07) is 15.5. The van der Waals surface area contributed by atoms with E-state index in [9.17, 15) is 4.21 Å². The van der Waals surface area contributed by atoms with Crippen LogP contribution in [-0.4, -0.2) is 4.21 Å². The fraction of sp³-hybridized carbons (Fsp3) is 0.200. The van der Waals surface area contributed by atoms with E-state index in [4.69, 9.17) is 5.73 Å². The first kappa shape index (κ1) is 12.8. The monoisotopic (exact) mass is 259 g/mol. The fourth-order valence-electron chi connectivity index (χ4n) is 1.89. The van der Waals surface area contributed by atoms with Gasteiger partial charge in [0.2, 0.25) is 0 Å². The number of aryl methyl sites for hydroxylation is 1. The van der Waals surface area contributed by atoms with Crippen molar-refractivity contribution in [2.45, 2.75) is 24.0 Å². The first-order valence-electron chi connectivity index (χ1n) is 5.91. The quantitative estimate of drug-likeness (QED) is 0.858. The summed E-state index contributed by atoms with van der Waals surface area (Å²) in [5, 5.41) is -0.0591. The van der Waals surface area contributed by atoms with Gasteiger partial charge < -0.3 is 5.73 Å². The maximum absolute atomic E-state index is 12.5. The van der Waals surface area contributed by atoms with Crippen LogP contribution in [0, 0.1) is 6.92 Å². The van der Waals surface area contributed by atoms with Gasteiger partial charge in [-0.2, -0.15) is 0 Å². The van der Waals surface area contributed by atoms with Crippen molar-refractivity contribution in [1.82, 2.24) is 0 Å². The van der Waals surface area contributed by atoms with Crippen molar-refractivity contribution in [3.05, 3.63) is 59.7 Å². The Morgan fingerprint density at radius 2 is 1.78 bits per heavy atom. The number of benzene rings is 2. The topological polar surface area (TPSA) is 43.1 Å². The molecule has 3 heteroatoms. The molecule has 0 aliphatic carbocycles. The molecule has 0 spiro atoms. The van der Waals surface area contributed by atoms with Crippen molar-refractivity contribution in [2.75, 3.05) is 5.73 Å². The molecule has 18 heavy (non-hydrogen) atoms.